The van der Waals surface area contributed by atoms with E-state index in [1.807, 2.05) is 31.2 Å². The van der Waals surface area contributed by atoms with E-state index >= 15 is 0 Å². The third kappa shape index (κ3) is 4.49. The summed E-state index contributed by atoms with van der Waals surface area (Å²) in [5.41, 5.74) is 3.11. The highest BCUT2D eigenvalue weighted by atomic mass is 32.2. The van der Waals surface area contributed by atoms with Gasteiger partial charge in [-0.25, -0.2) is 4.79 Å². The second kappa shape index (κ2) is 8.26. The third-order valence-corrected chi connectivity index (χ3v) is 5.06. The average molecular weight is 384 g/mol. The predicted molar refractivity (Wildman–Crippen MR) is 105 cm³/mol. The number of nitrogens with zero attached hydrogens (tertiary/aromatic N) is 1. The number of benzene rings is 2. The van der Waals surface area contributed by atoms with Gasteiger partial charge in [-0.1, -0.05) is 29.8 Å². The first-order valence-corrected chi connectivity index (χ1v) is 9.47. The number of hydrogen-bond donors (Lipinski definition) is 1. The fourth-order valence-corrected chi connectivity index (χ4v) is 3.53. The number of esters is 1. The number of amides is 2. The molecule has 2 amide bonds. The van der Waals surface area contributed by atoms with Gasteiger partial charge in [-0.3, -0.25) is 14.5 Å². The van der Waals surface area contributed by atoms with Crippen molar-refractivity contribution in [2.45, 2.75) is 25.8 Å². The summed E-state index contributed by atoms with van der Waals surface area (Å²) in [6, 6.07) is 14.3. The van der Waals surface area contributed by atoms with Crippen molar-refractivity contribution in [2.24, 2.45) is 0 Å². The van der Waals surface area contributed by atoms with Crippen molar-refractivity contribution in [3.05, 3.63) is 65.2 Å². The topological polar surface area (TPSA) is 75.7 Å². The maximum atomic E-state index is 12.6. The Labute approximate surface area is 161 Å². The first-order valence-electron chi connectivity index (χ1n) is 8.59. The second-order valence-electron chi connectivity index (χ2n) is 6.12. The van der Waals surface area contributed by atoms with Gasteiger partial charge in [0.25, 0.3) is 11.1 Å². The molecule has 1 atom stereocenters. The summed E-state index contributed by atoms with van der Waals surface area (Å²) in [7, 11) is 0. The highest BCUT2D eigenvalue weighted by Crippen LogP contribution is 2.29. The number of aryl methyl sites for hydroxylation is 1. The number of imide groups is 1. The Morgan fingerprint density at radius 1 is 1.11 bits per heavy atom. The third-order valence-electron chi connectivity index (χ3n) is 4.08. The van der Waals surface area contributed by atoms with Crippen LogP contribution in [-0.2, 0) is 16.1 Å². The van der Waals surface area contributed by atoms with Gasteiger partial charge in [-0.2, -0.15) is 0 Å². The van der Waals surface area contributed by atoms with E-state index in [4.69, 9.17) is 4.74 Å². The van der Waals surface area contributed by atoms with Crippen LogP contribution in [0.4, 0.5) is 10.5 Å². The number of ether oxygens (including phenoxy) is 1. The number of carbonyl (C=O) groups excluding carboxylic acids is 3. The largest absolute Gasteiger partial charge is 0.462 e. The molecule has 2 aromatic rings. The van der Waals surface area contributed by atoms with E-state index in [0.717, 1.165) is 22.9 Å². The quantitative estimate of drug-likeness (QED) is 0.764. The molecule has 1 heterocycles. The Morgan fingerprint density at radius 2 is 1.78 bits per heavy atom. The second-order valence-corrected chi connectivity index (χ2v) is 7.17. The summed E-state index contributed by atoms with van der Waals surface area (Å²) in [5.74, 6) is -0.671. The van der Waals surface area contributed by atoms with E-state index in [-0.39, 0.29) is 17.7 Å². The van der Waals surface area contributed by atoms with Crippen LogP contribution >= 0.6 is 11.8 Å². The lowest BCUT2D eigenvalue weighted by Crippen LogP contribution is -2.33. The van der Waals surface area contributed by atoms with Crippen LogP contribution in [0.1, 0.15) is 28.4 Å². The Bertz CT molecular complexity index is 849. The molecule has 0 unspecified atom stereocenters. The number of anilines is 1. The molecule has 0 bridgehead atoms. The van der Waals surface area contributed by atoms with E-state index < -0.39 is 11.3 Å². The summed E-state index contributed by atoms with van der Waals surface area (Å²) >= 11 is 0.952. The number of carbonyl (C=O) groups is 3. The van der Waals surface area contributed by atoms with Crippen molar-refractivity contribution in [1.29, 1.82) is 0 Å². The minimum absolute atomic E-state index is 0.255. The van der Waals surface area contributed by atoms with Crippen molar-refractivity contribution in [3.63, 3.8) is 0 Å². The van der Waals surface area contributed by atoms with E-state index in [0.29, 0.717) is 17.9 Å². The van der Waals surface area contributed by atoms with Gasteiger partial charge in [0.2, 0.25) is 0 Å². The Kier molecular flexibility index (Phi) is 5.81. The summed E-state index contributed by atoms with van der Waals surface area (Å²) in [6.07, 6.45) is 0. The molecule has 1 aliphatic rings. The summed E-state index contributed by atoms with van der Waals surface area (Å²) in [4.78, 5) is 37.8. The van der Waals surface area contributed by atoms with Crippen molar-refractivity contribution >= 4 is 34.6 Å². The molecular formula is C20H20N2O4S. The zero-order valence-corrected chi connectivity index (χ0v) is 15.9. The van der Waals surface area contributed by atoms with Gasteiger partial charge in [0, 0.05) is 5.69 Å². The standard InChI is InChI=1S/C20H20N2O4S/c1-3-26-19(24)15-8-10-16(11-9-15)21-17-18(23)22(20(25)27-17)12-14-6-4-13(2)5-7-14/h4-11,17,21H,3,12H2,1-2H3/t17-/m0/s1. The smallest absolute Gasteiger partial charge is 0.338 e. The highest BCUT2D eigenvalue weighted by Gasteiger charge is 2.39. The van der Waals surface area contributed by atoms with Crippen molar-refractivity contribution in [1.82, 2.24) is 4.90 Å². The lowest BCUT2D eigenvalue weighted by atomic mass is 10.1. The molecule has 140 valence electrons. The van der Waals surface area contributed by atoms with E-state index in [2.05, 4.69) is 5.32 Å². The molecule has 6 nitrogen and oxygen atoms in total. The molecular weight excluding hydrogens is 364 g/mol. The molecule has 1 N–H and O–H groups in total. The Balaban J connectivity index is 1.64. The fraction of sp³-hybridized carbons (Fsp3) is 0.250. The van der Waals surface area contributed by atoms with E-state index in [9.17, 15) is 14.4 Å². The molecule has 0 saturated carbocycles. The number of rotatable bonds is 6. The SMILES string of the molecule is CCOC(=O)c1ccc(N[C@H]2SC(=O)N(Cc3ccc(C)cc3)C2=O)cc1. The van der Waals surface area contributed by atoms with Crippen LogP contribution < -0.4 is 5.32 Å². The first kappa shape index (κ1) is 19.0. The van der Waals surface area contributed by atoms with Gasteiger partial charge in [-0.15, -0.1) is 0 Å². The monoisotopic (exact) mass is 384 g/mol. The van der Waals surface area contributed by atoms with Gasteiger partial charge in [0.15, 0.2) is 5.37 Å². The van der Waals surface area contributed by atoms with Crippen LogP contribution in [0.3, 0.4) is 0 Å². The van der Waals surface area contributed by atoms with Crippen LogP contribution in [0.25, 0.3) is 0 Å². The molecule has 1 aliphatic heterocycles. The molecule has 1 saturated heterocycles. The minimum Gasteiger partial charge on any atom is -0.462 e. The predicted octanol–water partition coefficient (Wildman–Crippen LogP) is 3.81. The molecule has 2 aromatic carbocycles. The molecule has 3 rings (SSSR count). The van der Waals surface area contributed by atoms with E-state index in [1.54, 1.807) is 31.2 Å². The molecule has 0 aliphatic carbocycles. The van der Waals surface area contributed by atoms with Crippen LogP contribution in [0.2, 0.25) is 0 Å². The lowest BCUT2D eigenvalue weighted by Gasteiger charge is -2.15. The number of nitrogens with one attached hydrogen (secondary N) is 1. The lowest BCUT2D eigenvalue weighted by molar-refractivity contribution is -0.126. The van der Waals surface area contributed by atoms with Crippen LogP contribution in [-0.4, -0.2) is 34.0 Å². The summed E-state index contributed by atoms with van der Waals surface area (Å²) < 4.78 is 4.94. The number of thioether (sulfide) groups is 1. The van der Waals surface area contributed by atoms with Crippen LogP contribution in [0.5, 0.6) is 0 Å². The normalized spacial score (nSPS) is 16.5. The van der Waals surface area contributed by atoms with Gasteiger partial charge in [0.1, 0.15) is 0 Å². The summed E-state index contributed by atoms with van der Waals surface area (Å²) in [5, 5.41) is 2.08. The van der Waals surface area contributed by atoms with E-state index in [1.165, 1.54) is 4.90 Å². The molecule has 27 heavy (non-hydrogen) atoms. The maximum absolute atomic E-state index is 12.6. The molecule has 1 fully saturated rings. The molecule has 0 spiro atoms. The van der Waals surface area contributed by atoms with Crippen LogP contribution in [0, 0.1) is 6.92 Å². The van der Waals surface area contributed by atoms with Gasteiger partial charge < -0.3 is 10.1 Å². The number of hydrogen-bond acceptors (Lipinski definition) is 6. The molecule has 0 aromatic heterocycles. The Hall–Kier alpha value is -2.80. The van der Waals surface area contributed by atoms with Crippen molar-refractivity contribution < 1.29 is 19.1 Å². The van der Waals surface area contributed by atoms with Crippen LogP contribution in [0.15, 0.2) is 48.5 Å². The van der Waals surface area contributed by atoms with Gasteiger partial charge in [-0.05, 0) is 55.4 Å². The molecule has 0 radical (unpaired) electrons. The summed E-state index contributed by atoms with van der Waals surface area (Å²) in [6.45, 7) is 4.30. The highest BCUT2D eigenvalue weighted by molar-refractivity contribution is 8.15. The average Bonchev–Trinajstić information content (AvgIpc) is 2.91. The van der Waals surface area contributed by atoms with Gasteiger partial charge in [0.05, 0.1) is 18.7 Å². The maximum Gasteiger partial charge on any atom is 0.338 e. The van der Waals surface area contributed by atoms with Crippen molar-refractivity contribution in [3.8, 4) is 0 Å². The Morgan fingerprint density at radius 3 is 2.41 bits per heavy atom. The first-order chi connectivity index (χ1) is 13.0. The minimum atomic E-state index is -0.684. The van der Waals surface area contributed by atoms with Crippen molar-refractivity contribution in [2.75, 3.05) is 11.9 Å². The van der Waals surface area contributed by atoms with Gasteiger partial charge >= 0.3 is 5.97 Å². The zero-order valence-electron chi connectivity index (χ0n) is 15.1. The molecule has 7 heteroatoms. The zero-order chi connectivity index (χ0) is 19.4. The fourth-order valence-electron chi connectivity index (χ4n) is 2.62.